The molecule has 372 valence electrons. The third kappa shape index (κ3) is 18.4. The van der Waals surface area contributed by atoms with Gasteiger partial charge in [0.25, 0.3) is 0 Å². The van der Waals surface area contributed by atoms with Gasteiger partial charge in [0.15, 0.2) is 18.9 Å². The van der Waals surface area contributed by atoms with E-state index in [9.17, 15) is 61.0 Å². The van der Waals surface area contributed by atoms with Crippen LogP contribution in [0.2, 0.25) is 0 Å². The summed E-state index contributed by atoms with van der Waals surface area (Å²) >= 11 is 0. The number of unbranched alkanes of at least 4 members (excludes halogenated alkanes) is 18. The largest absolute Gasteiger partial charge is 0.394 e. The number of aliphatic hydroxyl groups excluding tert-OH is 11. The van der Waals surface area contributed by atoms with E-state index in [-0.39, 0.29) is 6.61 Å². The van der Waals surface area contributed by atoms with Crippen molar-refractivity contribution in [2.24, 2.45) is 0 Å². The van der Waals surface area contributed by atoms with Crippen LogP contribution in [0.15, 0.2) is 0 Å². The molecule has 17 unspecified atom stereocenters. The molecule has 3 saturated heterocycles. The summed E-state index contributed by atoms with van der Waals surface area (Å²) in [6.45, 7) is 0.831. The number of hydrogen-bond donors (Lipinski definition) is 12. The quantitative estimate of drug-likeness (QED) is 0.0400. The third-order valence-electron chi connectivity index (χ3n) is 12.5. The Morgan fingerprint density at radius 3 is 1.29 bits per heavy atom. The minimum atomic E-state index is -1.96. The van der Waals surface area contributed by atoms with Gasteiger partial charge in [0.05, 0.1) is 38.6 Å². The molecule has 0 aromatic heterocycles. The van der Waals surface area contributed by atoms with Crippen molar-refractivity contribution in [2.75, 3.05) is 26.4 Å². The first-order valence-electron chi connectivity index (χ1n) is 23.7. The van der Waals surface area contributed by atoms with Crippen LogP contribution in [-0.2, 0) is 33.2 Å². The molecule has 0 aliphatic carbocycles. The smallest absolute Gasteiger partial charge is 0.217 e. The lowest BCUT2D eigenvalue weighted by Gasteiger charge is -2.48. The lowest BCUT2D eigenvalue weighted by molar-refractivity contribution is -0.379. The van der Waals surface area contributed by atoms with Gasteiger partial charge in [0.2, 0.25) is 5.91 Å². The average molecular weight is 914 g/mol. The Balaban J connectivity index is 1.38. The van der Waals surface area contributed by atoms with Crippen molar-refractivity contribution in [3.8, 4) is 0 Å². The summed E-state index contributed by atoms with van der Waals surface area (Å²) in [7, 11) is 0. The van der Waals surface area contributed by atoms with E-state index < -0.39 is 130 Å². The number of carbonyl (C=O) groups is 1. The van der Waals surface area contributed by atoms with E-state index in [0.29, 0.717) is 6.42 Å². The van der Waals surface area contributed by atoms with Gasteiger partial charge < -0.3 is 89.9 Å². The van der Waals surface area contributed by atoms with Crippen LogP contribution in [-0.4, -0.2) is 193 Å². The summed E-state index contributed by atoms with van der Waals surface area (Å²) in [5, 5.41) is 118. The van der Waals surface area contributed by atoms with Gasteiger partial charge in [0.1, 0.15) is 73.2 Å². The zero-order valence-electron chi connectivity index (χ0n) is 37.6. The number of rotatable bonds is 32. The standard InChI is InChI=1S/C44H83NO18/c1-3-4-5-6-7-8-9-10-11-12-13-14-15-16-17-18-19-20-21-22-29(50)28(45-27(2)49)26-58-42-38(56)35(53)40(31(24-47)60-42)63-44-39(57)36(54)41(32(25-48)61-44)62-43-37(55)34(52)33(51)30(23-46)59-43/h28-44,46-48,50-57H,3-26H2,1-2H3,(H,45,49). The normalized spacial score (nSPS) is 34.8. The second-order valence-electron chi connectivity index (χ2n) is 17.7. The molecule has 63 heavy (non-hydrogen) atoms. The topological polar surface area (TPSA) is 307 Å². The van der Waals surface area contributed by atoms with Gasteiger partial charge in [-0.15, -0.1) is 0 Å². The first-order chi connectivity index (χ1) is 30.3. The molecule has 0 aromatic carbocycles. The Morgan fingerprint density at radius 1 is 0.508 bits per heavy atom. The molecule has 0 spiro atoms. The molecular weight excluding hydrogens is 830 g/mol. The number of ether oxygens (including phenoxy) is 6. The maximum Gasteiger partial charge on any atom is 0.217 e. The highest BCUT2D eigenvalue weighted by molar-refractivity contribution is 5.73. The van der Waals surface area contributed by atoms with Gasteiger partial charge in [-0.2, -0.15) is 0 Å². The van der Waals surface area contributed by atoms with E-state index in [4.69, 9.17) is 28.4 Å². The van der Waals surface area contributed by atoms with E-state index >= 15 is 0 Å². The number of carbonyl (C=O) groups excluding carboxylic acids is 1. The Labute approximate surface area is 373 Å². The van der Waals surface area contributed by atoms with Gasteiger partial charge >= 0.3 is 0 Å². The molecule has 19 heteroatoms. The number of hydrogen-bond acceptors (Lipinski definition) is 18. The maximum absolute atomic E-state index is 12.0. The van der Waals surface area contributed by atoms with Crippen molar-refractivity contribution < 1.29 is 89.4 Å². The van der Waals surface area contributed by atoms with Gasteiger partial charge in [0, 0.05) is 6.92 Å². The van der Waals surface area contributed by atoms with Crippen LogP contribution in [0.1, 0.15) is 142 Å². The van der Waals surface area contributed by atoms with E-state index in [1.807, 2.05) is 0 Å². The molecule has 0 saturated carbocycles. The highest BCUT2D eigenvalue weighted by atomic mass is 16.8. The molecule has 17 atom stereocenters. The molecule has 0 radical (unpaired) electrons. The predicted octanol–water partition coefficient (Wildman–Crippen LogP) is 0.139. The fourth-order valence-corrected chi connectivity index (χ4v) is 8.52. The summed E-state index contributed by atoms with van der Waals surface area (Å²) in [4.78, 5) is 12.0. The van der Waals surface area contributed by atoms with Crippen LogP contribution in [0.3, 0.4) is 0 Å². The summed E-state index contributed by atoms with van der Waals surface area (Å²) in [5.41, 5.74) is 0. The fourth-order valence-electron chi connectivity index (χ4n) is 8.52. The minimum Gasteiger partial charge on any atom is -0.394 e. The first-order valence-corrected chi connectivity index (χ1v) is 23.7. The lowest BCUT2D eigenvalue weighted by Crippen LogP contribution is -2.66. The van der Waals surface area contributed by atoms with Crippen molar-refractivity contribution in [3.05, 3.63) is 0 Å². The molecule has 1 amide bonds. The molecule has 19 nitrogen and oxygen atoms in total. The summed E-state index contributed by atoms with van der Waals surface area (Å²) in [6, 6.07) is -0.881. The predicted molar refractivity (Wildman–Crippen MR) is 227 cm³/mol. The molecule has 3 aliphatic rings. The van der Waals surface area contributed by atoms with E-state index in [1.54, 1.807) is 0 Å². The van der Waals surface area contributed by atoms with E-state index in [0.717, 1.165) is 25.7 Å². The lowest BCUT2D eigenvalue weighted by atomic mass is 9.96. The van der Waals surface area contributed by atoms with Crippen LogP contribution in [0.5, 0.6) is 0 Å². The van der Waals surface area contributed by atoms with E-state index in [2.05, 4.69) is 12.2 Å². The van der Waals surface area contributed by atoms with Gasteiger partial charge in [-0.1, -0.05) is 129 Å². The Kier molecular flexibility index (Phi) is 27.6. The molecule has 0 aromatic rings. The molecule has 3 fully saturated rings. The number of aliphatic hydroxyl groups is 11. The zero-order chi connectivity index (χ0) is 46.3. The first kappa shape index (κ1) is 56.1. The summed E-state index contributed by atoms with van der Waals surface area (Å²) < 4.78 is 33.7. The molecule has 3 aliphatic heterocycles. The number of amides is 1. The van der Waals surface area contributed by atoms with Crippen molar-refractivity contribution in [2.45, 2.75) is 247 Å². The van der Waals surface area contributed by atoms with Crippen LogP contribution >= 0.6 is 0 Å². The second-order valence-corrected chi connectivity index (χ2v) is 17.7. The van der Waals surface area contributed by atoms with Crippen molar-refractivity contribution in [1.82, 2.24) is 5.32 Å². The molecule has 3 rings (SSSR count). The SMILES string of the molecule is CCCCCCCCCCCCCCCCCCCCCC(O)C(COC1OC(CO)C(OC2OC(CO)C(OC3OC(CO)C(O)C(O)C3O)C(O)C2O)C(O)C1O)NC(C)=O. The molecular formula is C44H83NO18. The van der Waals surface area contributed by atoms with Crippen molar-refractivity contribution >= 4 is 5.91 Å². The second kappa shape index (κ2) is 31.0. The monoisotopic (exact) mass is 914 g/mol. The summed E-state index contributed by atoms with van der Waals surface area (Å²) in [6.07, 6.45) is -2.32. The third-order valence-corrected chi connectivity index (χ3v) is 12.5. The highest BCUT2D eigenvalue weighted by Crippen LogP contribution is 2.33. The van der Waals surface area contributed by atoms with Crippen LogP contribution < -0.4 is 5.32 Å². The van der Waals surface area contributed by atoms with Gasteiger partial charge in [-0.05, 0) is 6.42 Å². The Bertz CT molecular complexity index is 1190. The number of nitrogens with one attached hydrogen (secondary N) is 1. The van der Waals surface area contributed by atoms with Crippen molar-refractivity contribution in [3.63, 3.8) is 0 Å². The average Bonchev–Trinajstić information content (AvgIpc) is 3.27. The van der Waals surface area contributed by atoms with Crippen molar-refractivity contribution in [1.29, 1.82) is 0 Å². The minimum absolute atomic E-state index is 0.317. The van der Waals surface area contributed by atoms with Crippen LogP contribution in [0, 0.1) is 0 Å². The highest BCUT2D eigenvalue weighted by Gasteiger charge is 2.53. The molecule has 0 bridgehead atoms. The van der Waals surface area contributed by atoms with E-state index in [1.165, 1.54) is 103 Å². The molecule has 3 heterocycles. The van der Waals surface area contributed by atoms with Gasteiger partial charge in [-0.3, -0.25) is 4.79 Å². The van der Waals surface area contributed by atoms with Crippen LogP contribution in [0.25, 0.3) is 0 Å². The zero-order valence-corrected chi connectivity index (χ0v) is 37.6. The van der Waals surface area contributed by atoms with Crippen LogP contribution in [0.4, 0.5) is 0 Å². The summed E-state index contributed by atoms with van der Waals surface area (Å²) in [5.74, 6) is -0.419. The maximum atomic E-state index is 12.0. The Morgan fingerprint density at radius 2 is 0.873 bits per heavy atom. The molecule has 12 N–H and O–H groups in total. The fraction of sp³-hybridized carbons (Fsp3) is 0.977. The Hall–Kier alpha value is -1.21. The van der Waals surface area contributed by atoms with Gasteiger partial charge in [-0.25, -0.2) is 0 Å².